The van der Waals surface area contributed by atoms with E-state index in [0.29, 0.717) is 32.1 Å². The summed E-state index contributed by atoms with van der Waals surface area (Å²) in [5.74, 6) is -1.52. The maximum Gasteiger partial charge on any atom is 0.314 e. The lowest BCUT2D eigenvalue weighted by Crippen LogP contribution is -2.68. The minimum absolute atomic E-state index is 0.0443. The molecule has 0 radical (unpaired) electrons. The third-order valence-corrected chi connectivity index (χ3v) is 14.9. The van der Waals surface area contributed by atoms with Crippen molar-refractivity contribution >= 4 is 11.9 Å². The first kappa shape index (κ1) is 33.4. The van der Waals surface area contributed by atoms with Gasteiger partial charge in [0.2, 0.25) is 0 Å². The fraction of sp³-hybridized carbons (Fsp3) is 0.889. The monoisotopic (exact) mass is 632 g/mol. The van der Waals surface area contributed by atoms with Gasteiger partial charge in [0.1, 0.15) is 18.3 Å². The number of ether oxygens (including phenoxy) is 2. The van der Waals surface area contributed by atoms with Crippen LogP contribution >= 0.6 is 0 Å². The number of hydrogen-bond acceptors (Lipinski definition) is 7. The largest absolute Gasteiger partial charge is 0.481 e. The molecule has 1 aliphatic heterocycles. The second-order valence-electron chi connectivity index (χ2n) is 17.7. The topological polar surface area (TPSA) is 154 Å². The summed E-state index contributed by atoms with van der Waals surface area (Å²) in [6.07, 6.45) is 3.02. The van der Waals surface area contributed by atoms with Gasteiger partial charge in [-0.05, 0) is 111 Å². The van der Waals surface area contributed by atoms with E-state index in [4.69, 9.17) is 9.47 Å². The zero-order valence-corrected chi connectivity index (χ0v) is 28.2. The molecule has 6 rings (SSSR count). The van der Waals surface area contributed by atoms with Crippen LogP contribution in [0.3, 0.4) is 0 Å². The summed E-state index contributed by atoms with van der Waals surface area (Å²) in [4.78, 5) is 26.7. The summed E-state index contributed by atoms with van der Waals surface area (Å²) >= 11 is 0. The summed E-state index contributed by atoms with van der Waals surface area (Å²) in [7, 11) is 0. The van der Waals surface area contributed by atoms with Gasteiger partial charge in [-0.15, -0.1) is 0 Å². The van der Waals surface area contributed by atoms with Crippen LogP contribution in [-0.2, 0) is 19.1 Å². The summed E-state index contributed by atoms with van der Waals surface area (Å²) in [5.41, 5.74) is -2.17. The fourth-order valence-electron chi connectivity index (χ4n) is 12.3. The van der Waals surface area contributed by atoms with Gasteiger partial charge in [0.15, 0.2) is 6.29 Å². The van der Waals surface area contributed by atoms with E-state index >= 15 is 0 Å². The maximum atomic E-state index is 13.8. The molecule has 9 heteroatoms. The SMILES string of the molecule is C[C@H]1O[C@@H](O[C@H]2CC[C@]3(C)[C@H]4CC=C5[C@H]6CC(C)(C)CC[C@]6(C(=O)O)CC[C@@]5(C(=O)O)[C@]4(C)CC[C@H]3C2(C)C)[C@H](O)[C@@H](O)[C@@H]1O. The molecule has 0 aromatic heterocycles. The average Bonchev–Trinajstić information content (AvgIpc) is 2.95. The Morgan fingerprint density at radius 1 is 0.822 bits per heavy atom. The minimum atomic E-state index is -1.36. The van der Waals surface area contributed by atoms with E-state index in [0.717, 1.165) is 37.7 Å². The van der Waals surface area contributed by atoms with Crippen LogP contribution in [-0.4, -0.2) is 74.3 Å². The second-order valence-corrected chi connectivity index (χ2v) is 17.7. The van der Waals surface area contributed by atoms with E-state index in [1.54, 1.807) is 6.92 Å². The predicted molar refractivity (Wildman–Crippen MR) is 166 cm³/mol. The number of fused-ring (bicyclic) bond motifs is 7. The molecule has 0 bridgehead atoms. The van der Waals surface area contributed by atoms with Gasteiger partial charge in [-0.2, -0.15) is 0 Å². The summed E-state index contributed by atoms with van der Waals surface area (Å²) in [6.45, 7) is 15.0. The first-order valence-electron chi connectivity index (χ1n) is 17.3. The number of aliphatic carboxylic acids is 2. The Morgan fingerprint density at radius 3 is 2.13 bits per heavy atom. The summed E-state index contributed by atoms with van der Waals surface area (Å²) in [6, 6.07) is 0. The molecule has 45 heavy (non-hydrogen) atoms. The van der Waals surface area contributed by atoms with Crippen LogP contribution in [0.2, 0.25) is 0 Å². The molecule has 4 saturated carbocycles. The van der Waals surface area contributed by atoms with E-state index in [2.05, 4.69) is 47.6 Å². The quantitative estimate of drug-likeness (QED) is 0.209. The number of carboxylic acid groups (broad SMARTS) is 2. The van der Waals surface area contributed by atoms with Crippen molar-refractivity contribution in [1.82, 2.24) is 0 Å². The van der Waals surface area contributed by atoms with Gasteiger partial charge in [-0.1, -0.05) is 53.2 Å². The zero-order valence-electron chi connectivity index (χ0n) is 28.2. The maximum absolute atomic E-state index is 13.8. The smallest absolute Gasteiger partial charge is 0.314 e. The van der Waals surface area contributed by atoms with Crippen molar-refractivity contribution in [2.24, 2.45) is 50.2 Å². The number of allylic oxidation sites excluding steroid dienone is 1. The predicted octanol–water partition coefficient (Wildman–Crippen LogP) is 5.15. The van der Waals surface area contributed by atoms with Crippen molar-refractivity contribution in [1.29, 1.82) is 0 Å². The van der Waals surface area contributed by atoms with Gasteiger partial charge >= 0.3 is 11.9 Å². The number of aliphatic hydroxyl groups excluding tert-OH is 3. The van der Waals surface area contributed by atoms with Gasteiger partial charge in [0, 0.05) is 0 Å². The third kappa shape index (κ3) is 4.42. The summed E-state index contributed by atoms with van der Waals surface area (Å²) in [5, 5.41) is 53.2. The number of rotatable bonds is 4. The highest BCUT2D eigenvalue weighted by atomic mass is 16.7. The normalized spacial score (nSPS) is 51.9. The van der Waals surface area contributed by atoms with Crippen molar-refractivity contribution in [2.75, 3.05) is 0 Å². The van der Waals surface area contributed by atoms with E-state index in [1.165, 1.54) is 0 Å². The van der Waals surface area contributed by atoms with E-state index in [9.17, 15) is 35.1 Å². The molecule has 254 valence electrons. The lowest BCUT2D eigenvalue weighted by atomic mass is 9.33. The standard InChI is InChI=1S/C36H56O9/c1-19-25(37)26(38)27(39)28(44-19)45-24-11-12-33(6)22(32(24,4)5)10-13-34(7)23(33)9-8-20-21-18-31(2,3)14-15-35(21,29(40)41)16-17-36(20,34)30(42)43/h8,19,21-28,37-39H,9-18H2,1-7H3,(H,40,41)(H,42,43)/t19-,21-,22+,23-,24+,25-,26+,27-,28+,33+,34-,35+,36-/m1/s1. The van der Waals surface area contributed by atoms with Crippen molar-refractivity contribution in [3.63, 3.8) is 0 Å². The number of hydrogen-bond donors (Lipinski definition) is 5. The molecular weight excluding hydrogens is 576 g/mol. The van der Waals surface area contributed by atoms with Crippen LogP contribution in [0.1, 0.15) is 113 Å². The Kier molecular flexibility index (Phi) is 7.78. The molecule has 0 aromatic carbocycles. The van der Waals surface area contributed by atoms with Gasteiger partial charge in [-0.3, -0.25) is 9.59 Å². The van der Waals surface area contributed by atoms with Crippen molar-refractivity contribution in [3.8, 4) is 0 Å². The molecule has 1 heterocycles. The zero-order chi connectivity index (χ0) is 33.1. The molecular formula is C36H56O9. The van der Waals surface area contributed by atoms with E-state index < -0.39 is 58.9 Å². The van der Waals surface area contributed by atoms with Crippen LogP contribution in [0.15, 0.2) is 11.6 Å². The lowest BCUT2D eigenvalue weighted by Gasteiger charge is -2.70. The fourth-order valence-corrected chi connectivity index (χ4v) is 12.3. The molecule has 5 aliphatic carbocycles. The van der Waals surface area contributed by atoms with Crippen LogP contribution in [0.5, 0.6) is 0 Å². The Balaban J connectivity index is 1.35. The average molecular weight is 633 g/mol. The molecule has 5 fully saturated rings. The molecule has 6 aliphatic rings. The van der Waals surface area contributed by atoms with Crippen molar-refractivity contribution < 1.29 is 44.6 Å². The van der Waals surface area contributed by atoms with E-state index in [-0.39, 0.29) is 40.1 Å². The Morgan fingerprint density at radius 2 is 1.49 bits per heavy atom. The molecule has 0 unspecified atom stereocenters. The highest BCUT2D eigenvalue weighted by Crippen LogP contribution is 2.76. The van der Waals surface area contributed by atoms with Crippen LogP contribution in [0, 0.1) is 50.2 Å². The first-order chi connectivity index (χ1) is 20.8. The Hall–Kier alpha value is -1.52. The molecule has 1 saturated heterocycles. The third-order valence-electron chi connectivity index (χ3n) is 14.9. The second kappa shape index (κ2) is 10.5. The van der Waals surface area contributed by atoms with Gasteiger partial charge in [0.05, 0.1) is 23.0 Å². The molecule has 0 spiro atoms. The number of aliphatic hydroxyl groups is 3. The van der Waals surface area contributed by atoms with Crippen molar-refractivity contribution in [2.45, 2.75) is 149 Å². The number of carbonyl (C=O) groups is 2. The minimum Gasteiger partial charge on any atom is -0.481 e. The summed E-state index contributed by atoms with van der Waals surface area (Å²) < 4.78 is 12.3. The molecule has 13 atom stereocenters. The highest BCUT2D eigenvalue weighted by molar-refractivity contribution is 5.84. The van der Waals surface area contributed by atoms with Crippen LogP contribution < -0.4 is 0 Å². The van der Waals surface area contributed by atoms with Gasteiger partial charge < -0.3 is 35.0 Å². The van der Waals surface area contributed by atoms with Crippen molar-refractivity contribution in [3.05, 3.63) is 11.6 Å². The Bertz CT molecular complexity index is 1260. The van der Waals surface area contributed by atoms with Gasteiger partial charge in [0.25, 0.3) is 0 Å². The Labute approximate surface area is 267 Å². The first-order valence-corrected chi connectivity index (χ1v) is 17.3. The van der Waals surface area contributed by atoms with Gasteiger partial charge in [-0.25, -0.2) is 0 Å². The van der Waals surface area contributed by atoms with Crippen LogP contribution in [0.4, 0.5) is 0 Å². The number of carboxylic acids is 2. The molecule has 5 N–H and O–H groups in total. The lowest BCUT2D eigenvalue weighted by molar-refractivity contribution is -0.324. The van der Waals surface area contributed by atoms with Crippen LogP contribution in [0.25, 0.3) is 0 Å². The highest BCUT2D eigenvalue weighted by Gasteiger charge is 2.73. The molecule has 0 aromatic rings. The molecule has 0 amide bonds. The van der Waals surface area contributed by atoms with E-state index in [1.807, 2.05) is 0 Å². The molecule has 9 nitrogen and oxygen atoms in total.